The lowest BCUT2D eigenvalue weighted by Gasteiger charge is -2.19. The number of aromatic nitrogens is 2. The van der Waals surface area contributed by atoms with Gasteiger partial charge in [0.2, 0.25) is 0 Å². The van der Waals surface area contributed by atoms with E-state index in [-0.39, 0.29) is 0 Å². The Bertz CT molecular complexity index is 943. The zero-order valence-electron chi connectivity index (χ0n) is 16.9. The Labute approximate surface area is 165 Å². The zero-order chi connectivity index (χ0) is 20.1. The van der Waals surface area contributed by atoms with Crippen molar-refractivity contribution < 1.29 is 14.3 Å². The van der Waals surface area contributed by atoms with E-state index < -0.39 is 11.7 Å². The predicted octanol–water partition coefficient (Wildman–Crippen LogP) is 4.30. The average Bonchev–Trinajstić information content (AvgIpc) is 2.97. The molecule has 0 atom stereocenters. The summed E-state index contributed by atoms with van der Waals surface area (Å²) in [6.45, 7) is 9.42. The van der Waals surface area contributed by atoms with Crippen LogP contribution in [0.15, 0.2) is 48.5 Å². The number of hydrogen-bond acceptors (Lipinski definition) is 5. The fourth-order valence-electron chi connectivity index (χ4n) is 2.85. The number of carbonyl (C=O) groups excluding carboxylic acids is 1. The molecule has 6 nitrogen and oxygen atoms in total. The molecule has 0 unspecified atom stereocenters. The molecule has 3 aromatic rings. The smallest absolute Gasteiger partial charge is 0.435 e. The van der Waals surface area contributed by atoms with Crippen LogP contribution in [0.1, 0.15) is 32.0 Å². The van der Waals surface area contributed by atoms with Crippen LogP contribution in [-0.2, 0) is 11.3 Å². The third-order valence-corrected chi connectivity index (χ3v) is 4.12. The number of carbonyl (C=O) groups is 1. The maximum Gasteiger partial charge on any atom is 0.435 e. The van der Waals surface area contributed by atoms with E-state index in [1.54, 1.807) is 0 Å². The van der Waals surface area contributed by atoms with Gasteiger partial charge in [-0.25, -0.2) is 4.79 Å². The second-order valence-corrected chi connectivity index (χ2v) is 7.67. The normalized spacial score (nSPS) is 11.6. The minimum Gasteiger partial charge on any atom is -0.492 e. The van der Waals surface area contributed by atoms with Crippen LogP contribution >= 0.6 is 0 Å². The third kappa shape index (κ3) is 5.10. The van der Waals surface area contributed by atoms with E-state index >= 15 is 0 Å². The van der Waals surface area contributed by atoms with Crippen molar-refractivity contribution in [2.45, 2.75) is 39.8 Å². The molecule has 28 heavy (non-hydrogen) atoms. The first-order valence-electron chi connectivity index (χ1n) is 9.44. The molecule has 0 radical (unpaired) electrons. The fraction of sp³-hybridized carbons (Fsp3) is 0.364. The van der Waals surface area contributed by atoms with Crippen LogP contribution in [0.3, 0.4) is 0 Å². The number of aryl methyl sites for hydroxylation is 1. The molecular formula is C22H27N3O3. The van der Waals surface area contributed by atoms with Gasteiger partial charge in [0.05, 0.1) is 11.2 Å². The lowest BCUT2D eigenvalue weighted by Crippen LogP contribution is -2.27. The van der Waals surface area contributed by atoms with Gasteiger partial charge in [-0.15, -0.1) is 0 Å². The van der Waals surface area contributed by atoms with Crippen molar-refractivity contribution >= 4 is 17.0 Å². The molecule has 1 aromatic heterocycles. The van der Waals surface area contributed by atoms with Gasteiger partial charge in [-0.3, -0.25) is 0 Å². The molecular weight excluding hydrogens is 354 g/mol. The first kappa shape index (κ1) is 19.9. The van der Waals surface area contributed by atoms with Crippen molar-refractivity contribution in [2.24, 2.45) is 0 Å². The van der Waals surface area contributed by atoms with Crippen molar-refractivity contribution in [2.75, 3.05) is 13.2 Å². The highest BCUT2D eigenvalue weighted by atomic mass is 16.6. The molecule has 0 amide bonds. The summed E-state index contributed by atoms with van der Waals surface area (Å²) < 4.78 is 12.6. The first-order chi connectivity index (χ1) is 13.3. The summed E-state index contributed by atoms with van der Waals surface area (Å²) in [6.07, 6.45) is -0.493. The van der Waals surface area contributed by atoms with Gasteiger partial charge in [0.15, 0.2) is 0 Å². The molecule has 0 aliphatic heterocycles. The van der Waals surface area contributed by atoms with Gasteiger partial charge in [-0.2, -0.15) is 9.78 Å². The largest absolute Gasteiger partial charge is 0.492 e. The van der Waals surface area contributed by atoms with Crippen LogP contribution < -0.4 is 10.1 Å². The summed E-state index contributed by atoms with van der Waals surface area (Å²) in [6, 6.07) is 15.9. The second-order valence-electron chi connectivity index (χ2n) is 7.67. The van der Waals surface area contributed by atoms with Gasteiger partial charge in [0.1, 0.15) is 18.0 Å². The summed E-state index contributed by atoms with van der Waals surface area (Å²) in [7, 11) is 0. The van der Waals surface area contributed by atoms with Crippen LogP contribution in [-0.4, -0.2) is 34.6 Å². The summed E-state index contributed by atoms with van der Waals surface area (Å²) >= 11 is 0. The highest BCUT2D eigenvalue weighted by Crippen LogP contribution is 2.24. The number of benzene rings is 2. The second kappa shape index (κ2) is 8.44. The van der Waals surface area contributed by atoms with Crippen LogP contribution in [0, 0.1) is 6.92 Å². The number of ether oxygens (including phenoxy) is 2. The Morgan fingerprint density at radius 2 is 1.89 bits per heavy atom. The van der Waals surface area contributed by atoms with Gasteiger partial charge in [-0.1, -0.05) is 30.3 Å². The Kier molecular flexibility index (Phi) is 5.99. The standard InChI is InChI=1S/C22H27N3O3/c1-16-19-11-10-18(27-13-12-23-15-17-8-6-5-7-9-17)14-20(19)25(24-16)21(26)28-22(2,3)4/h5-11,14,23H,12-13,15H2,1-4H3. The molecule has 0 fully saturated rings. The summed E-state index contributed by atoms with van der Waals surface area (Å²) in [5.41, 5.74) is 2.11. The molecule has 0 saturated carbocycles. The van der Waals surface area contributed by atoms with Crippen molar-refractivity contribution in [3.05, 3.63) is 59.8 Å². The van der Waals surface area contributed by atoms with Gasteiger partial charge in [0, 0.05) is 24.5 Å². The molecule has 148 valence electrons. The maximum atomic E-state index is 12.5. The van der Waals surface area contributed by atoms with Crippen LogP contribution in [0.5, 0.6) is 5.75 Å². The molecule has 0 aliphatic rings. The van der Waals surface area contributed by atoms with Crippen LogP contribution in [0.25, 0.3) is 10.9 Å². The number of nitrogens with zero attached hydrogens (tertiary/aromatic N) is 2. The first-order valence-corrected chi connectivity index (χ1v) is 9.44. The van der Waals surface area contributed by atoms with E-state index in [1.807, 2.05) is 64.1 Å². The summed E-state index contributed by atoms with van der Waals surface area (Å²) in [5, 5.41) is 8.59. The fourth-order valence-corrected chi connectivity index (χ4v) is 2.85. The van der Waals surface area contributed by atoms with Crippen molar-refractivity contribution in [3.63, 3.8) is 0 Å². The van der Waals surface area contributed by atoms with Crippen LogP contribution in [0.2, 0.25) is 0 Å². The Morgan fingerprint density at radius 1 is 1.14 bits per heavy atom. The number of rotatable bonds is 6. The Balaban J connectivity index is 1.62. The minimum absolute atomic E-state index is 0.493. The molecule has 0 spiro atoms. The summed E-state index contributed by atoms with van der Waals surface area (Å²) in [5.74, 6) is 0.693. The topological polar surface area (TPSA) is 65.4 Å². The van der Waals surface area contributed by atoms with E-state index in [9.17, 15) is 4.79 Å². The van der Waals surface area contributed by atoms with E-state index in [1.165, 1.54) is 10.2 Å². The molecule has 6 heteroatoms. The van der Waals surface area contributed by atoms with Gasteiger partial charge in [0.25, 0.3) is 0 Å². The Hall–Kier alpha value is -2.86. The van der Waals surface area contributed by atoms with Crippen LogP contribution in [0.4, 0.5) is 4.79 Å². The lowest BCUT2D eigenvalue weighted by atomic mass is 10.2. The quantitative estimate of drug-likeness (QED) is 0.645. The molecule has 1 heterocycles. The van der Waals surface area contributed by atoms with Gasteiger partial charge in [-0.05, 0) is 45.4 Å². The van der Waals surface area contributed by atoms with E-state index in [2.05, 4.69) is 22.5 Å². The van der Waals surface area contributed by atoms with Crippen molar-refractivity contribution in [1.82, 2.24) is 15.1 Å². The average molecular weight is 381 g/mol. The van der Waals surface area contributed by atoms with E-state index in [0.717, 1.165) is 24.2 Å². The number of fused-ring (bicyclic) bond motifs is 1. The number of nitrogens with one attached hydrogen (secondary N) is 1. The SMILES string of the molecule is Cc1nn(C(=O)OC(C)(C)C)c2cc(OCCNCc3ccccc3)ccc12. The molecule has 0 bridgehead atoms. The van der Waals surface area contributed by atoms with Crippen molar-refractivity contribution in [1.29, 1.82) is 0 Å². The zero-order valence-corrected chi connectivity index (χ0v) is 16.9. The highest BCUT2D eigenvalue weighted by Gasteiger charge is 2.21. The lowest BCUT2D eigenvalue weighted by molar-refractivity contribution is 0.0522. The van der Waals surface area contributed by atoms with Crippen molar-refractivity contribution in [3.8, 4) is 5.75 Å². The predicted molar refractivity (Wildman–Crippen MR) is 110 cm³/mol. The number of hydrogen-bond donors (Lipinski definition) is 1. The third-order valence-electron chi connectivity index (χ3n) is 4.12. The van der Waals surface area contributed by atoms with E-state index in [4.69, 9.17) is 9.47 Å². The molecule has 0 aliphatic carbocycles. The monoisotopic (exact) mass is 381 g/mol. The molecule has 1 N–H and O–H groups in total. The highest BCUT2D eigenvalue weighted by molar-refractivity contribution is 5.90. The van der Waals surface area contributed by atoms with E-state index in [0.29, 0.717) is 17.9 Å². The Morgan fingerprint density at radius 3 is 2.61 bits per heavy atom. The van der Waals surface area contributed by atoms with Gasteiger partial charge < -0.3 is 14.8 Å². The maximum absolute atomic E-state index is 12.5. The molecule has 2 aromatic carbocycles. The summed E-state index contributed by atoms with van der Waals surface area (Å²) in [4.78, 5) is 12.5. The molecule has 3 rings (SSSR count). The minimum atomic E-state index is -0.582. The molecule has 0 saturated heterocycles. The van der Waals surface area contributed by atoms with Gasteiger partial charge >= 0.3 is 6.09 Å².